The van der Waals surface area contributed by atoms with Crippen molar-refractivity contribution in [3.05, 3.63) is 40.1 Å². The van der Waals surface area contributed by atoms with Gasteiger partial charge in [0.25, 0.3) is 5.56 Å². The quantitative estimate of drug-likeness (QED) is 0.789. The zero-order valence-corrected chi connectivity index (χ0v) is 12.4. The average molecular weight is 300 g/mol. The summed E-state index contributed by atoms with van der Waals surface area (Å²) in [6.45, 7) is 2.91. The van der Waals surface area contributed by atoms with Gasteiger partial charge in [-0.15, -0.1) is 0 Å². The lowest BCUT2D eigenvalue weighted by atomic mass is 10.1. The number of aromatic nitrogens is 3. The third-order valence-electron chi connectivity index (χ3n) is 4.42. The second-order valence-corrected chi connectivity index (χ2v) is 5.92. The number of pyridine rings is 1. The van der Waals surface area contributed by atoms with Gasteiger partial charge >= 0.3 is 0 Å². The summed E-state index contributed by atoms with van der Waals surface area (Å²) >= 11 is 0. The van der Waals surface area contributed by atoms with E-state index >= 15 is 0 Å². The fraction of sp³-hybridized carbons (Fsp3) is 0.375. The molecule has 0 bridgehead atoms. The minimum atomic E-state index is -0.401. The smallest absolute Gasteiger partial charge is 0.257 e. The maximum atomic E-state index is 13.5. The SMILES string of the molecule is Cn1nc(CN2CCCC2)c2c3ccc(F)cc3c(=O)[nH]c21. The summed E-state index contributed by atoms with van der Waals surface area (Å²) in [5, 5.41) is 6.64. The van der Waals surface area contributed by atoms with Crippen LogP contribution in [0.2, 0.25) is 0 Å². The molecular weight excluding hydrogens is 283 g/mol. The summed E-state index contributed by atoms with van der Waals surface area (Å²) in [5.41, 5.74) is 1.35. The summed E-state index contributed by atoms with van der Waals surface area (Å²) in [6.07, 6.45) is 2.43. The number of halogens is 1. The van der Waals surface area contributed by atoms with Crippen LogP contribution < -0.4 is 5.56 Å². The topological polar surface area (TPSA) is 53.9 Å². The first-order valence-electron chi connectivity index (χ1n) is 7.53. The van der Waals surface area contributed by atoms with Gasteiger partial charge in [0.05, 0.1) is 11.1 Å². The number of rotatable bonds is 2. The predicted molar refractivity (Wildman–Crippen MR) is 83.3 cm³/mol. The van der Waals surface area contributed by atoms with Gasteiger partial charge in [0.15, 0.2) is 0 Å². The van der Waals surface area contributed by atoms with Crippen molar-refractivity contribution in [3.8, 4) is 0 Å². The molecule has 6 heteroatoms. The van der Waals surface area contributed by atoms with Crippen molar-refractivity contribution in [3.63, 3.8) is 0 Å². The molecule has 5 nitrogen and oxygen atoms in total. The van der Waals surface area contributed by atoms with Crippen molar-refractivity contribution in [2.24, 2.45) is 7.05 Å². The number of aromatic amines is 1. The summed E-state index contributed by atoms with van der Waals surface area (Å²) in [5.74, 6) is -0.401. The molecule has 0 atom stereocenters. The Bertz CT molecular complexity index is 921. The van der Waals surface area contributed by atoms with Gasteiger partial charge in [-0.25, -0.2) is 4.39 Å². The molecule has 1 aliphatic heterocycles. The van der Waals surface area contributed by atoms with Gasteiger partial charge in [-0.05, 0) is 38.1 Å². The largest absolute Gasteiger partial charge is 0.306 e. The van der Waals surface area contributed by atoms with Crippen molar-refractivity contribution in [2.75, 3.05) is 13.1 Å². The second kappa shape index (κ2) is 4.91. The summed E-state index contributed by atoms with van der Waals surface area (Å²) < 4.78 is 15.2. The number of likely N-dealkylation sites (tertiary alicyclic amines) is 1. The van der Waals surface area contributed by atoms with E-state index in [0.717, 1.165) is 36.1 Å². The number of benzene rings is 1. The standard InChI is InChI=1S/C16H17FN4O/c1-20-15-14(13(19-20)9-21-6-2-3-7-21)11-5-4-10(17)8-12(11)16(22)18-15/h4-5,8H,2-3,6-7,9H2,1H3,(H,18,22). The number of aryl methyl sites for hydroxylation is 1. The second-order valence-electron chi connectivity index (χ2n) is 5.92. The summed E-state index contributed by atoms with van der Waals surface area (Å²) in [7, 11) is 1.82. The lowest BCUT2D eigenvalue weighted by Crippen LogP contribution is -2.19. The molecule has 22 heavy (non-hydrogen) atoms. The fourth-order valence-electron chi connectivity index (χ4n) is 3.37. The van der Waals surface area contributed by atoms with E-state index in [0.29, 0.717) is 11.0 Å². The fourth-order valence-corrected chi connectivity index (χ4v) is 3.37. The summed E-state index contributed by atoms with van der Waals surface area (Å²) in [6, 6.07) is 4.37. The van der Waals surface area contributed by atoms with E-state index in [1.54, 1.807) is 10.7 Å². The van der Waals surface area contributed by atoms with Crippen molar-refractivity contribution in [1.29, 1.82) is 0 Å². The monoisotopic (exact) mass is 300 g/mol. The predicted octanol–water partition coefficient (Wildman–Crippen LogP) is 2.15. The van der Waals surface area contributed by atoms with Crippen molar-refractivity contribution < 1.29 is 4.39 Å². The van der Waals surface area contributed by atoms with E-state index < -0.39 is 5.82 Å². The lowest BCUT2D eigenvalue weighted by Gasteiger charge is -2.12. The van der Waals surface area contributed by atoms with Crippen LogP contribution in [0.4, 0.5) is 4.39 Å². The number of hydrogen-bond donors (Lipinski definition) is 1. The molecule has 0 unspecified atom stereocenters. The van der Waals surface area contributed by atoms with Crippen molar-refractivity contribution in [2.45, 2.75) is 19.4 Å². The Kier molecular flexibility index (Phi) is 3.00. The highest BCUT2D eigenvalue weighted by molar-refractivity contribution is 6.05. The van der Waals surface area contributed by atoms with Crippen molar-refractivity contribution in [1.82, 2.24) is 19.7 Å². The molecule has 1 aliphatic rings. The first-order valence-corrected chi connectivity index (χ1v) is 7.53. The zero-order valence-electron chi connectivity index (χ0n) is 12.4. The molecule has 1 saturated heterocycles. The van der Waals surface area contributed by atoms with Crippen LogP contribution in [0.3, 0.4) is 0 Å². The van der Waals surface area contributed by atoms with Gasteiger partial charge in [0.2, 0.25) is 0 Å². The highest BCUT2D eigenvalue weighted by atomic mass is 19.1. The van der Waals surface area contributed by atoms with Gasteiger partial charge in [-0.3, -0.25) is 14.4 Å². The normalized spacial score (nSPS) is 16.1. The number of H-pyrrole nitrogens is 1. The molecule has 3 heterocycles. The number of nitrogens with zero attached hydrogens (tertiary/aromatic N) is 3. The Balaban J connectivity index is 1.99. The minimum absolute atomic E-state index is 0.280. The maximum absolute atomic E-state index is 13.5. The zero-order chi connectivity index (χ0) is 15.3. The van der Waals surface area contributed by atoms with Crippen LogP contribution in [0.1, 0.15) is 18.5 Å². The molecule has 1 aromatic carbocycles. The van der Waals surface area contributed by atoms with Gasteiger partial charge in [0.1, 0.15) is 11.5 Å². The molecule has 1 fully saturated rings. The van der Waals surface area contributed by atoms with E-state index in [1.165, 1.54) is 25.0 Å². The van der Waals surface area contributed by atoms with Gasteiger partial charge < -0.3 is 4.98 Å². The van der Waals surface area contributed by atoms with Crippen molar-refractivity contribution >= 4 is 21.8 Å². The molecule has 114 valence electrons. The van der Waals surface area contributed by atoms with E-state index in [1.807, 2.05) is 7.05 Å². The van der Waals surface area contributed by atoms with E-state index in [2.05, 4.69) is 15.0 Å². The third-order valence-corrected chi connectivity index (χ3v) is 4.42. The van der Waals surface area contributed by atoms with E-state index in [4.69, 9.17) is 0 Å². The number of fused-ring (bicyclic) bond motifs is 3. The Morgan fingerprint density at radius 1 is 1.27 bits per heavy atom. The number of nitrogens with one attached hydrogen (secondary N) is 1. The molecule has 1 N–H and O–H groups in total. The lowest BCUT2D eigenvalue weighted by molar-refractivity contribution is 0.327. The Hall–Kier alpha value is -2.21. The molecule has 4 rings (SSSR count). The van der Waals surface area contributed by atoms with Gasteiger partial charge in [-0.1, -0.05) is 6.07 Å². The van der Waals surface area contributed by atoms with E-state index in [9.17, 15) is 9.18 Å². The van der Waals surface area contributed by atoms with Gasteiger partial charge in [0, 0.05) is 24.4 Å². The molecule has 3 aromatic rings. The maximum Gasteiger partial charge on any atom is 0.257 e. The molecular formula is C16H17FN4O. The van der Waals surface area contributed by atoms with Crippen LogP contribution in [0.25, 0.3) is 21.8 Å². The van der Waals surface area contributed by atoms with Gasteiger partial charge in [-0.2, -0.15) is 5.10 Å². The Morgan fingerprint density at radius 2 is 2.05 bits per heavy atom. The Labute approximate surface area is 126 Å². The van der Waals surface area contributed by atoms with Crippen LogP contribution in [0.5, 0.6) is 0 Å². The third kappa shape index (κ3) is 2.02. The average Bonchev–Trinajstić information content (AvgIpc) is 3.09. The van der Waals surface area contributed by atoms with E-state index in [-0.39, 0.29) is 5.56 Å². The number of hydrogen-bond acceptors (Lipinski definition) is 3. The Morgan fingerprint density at radius 3 is 2.82 bits per heavy atom. The molecule has 0 amide bonds. The molecule has 0 radical (unpaired) electrons. The molecule has 0 spiro atoms. The highest BCUT2D eigenvalue weighted by Crippen LogP contribution is 2.26. The first kappa shape index (κ1) is 13.5. The highest BCUT2D eigenvalue weighted by Gasteiger charge is 2.19. The molecule has 0 aliphatic carbocycles. The van der Waals surface area contributed by atoms with Crippen LogP contribution in [0, 0.1) is 5.82 Å². The molecule has 2 aromatic heterocycles. The van der Waals surface area contributed by atoms with Crippen LogP contribution >= 0.6 is 0 Å². The van der Waals surface area contributed by atoms with Crippen LogP contribution in [-0.2, 0) is 13.6 Å². The summed E-state index contributed by atoms with van der Waals surface area (Å²) in [4.78, 5) is 17.4. The minimum Gasteiger partial charge on any atom is -0.306 e. The van der Waals surface area contributed by atoms with Crippen LogP contribution in [-0.4, -0.2) is 32.8 Å². The first-order chi connectivity index (χ1) is 10.6. The van der Waals surface area contributed by atoms with Crippen LogP contribution in [0.15, 0.2) is 23.0 Å². The molecule has 0 saturated carbocycles.